The molecule has 26 rings (SSSR count). The fraction of sp³-hybridized carbons (Fsp3) is 0. The van der Waals surface area contributed by atoms with E-state index >= 15 is 0 Å². The number of hydrogen-bond acceptors (Lipinski definition) is 8. The van der Waals surface area contributed by atoms with Gasteiger partial charge in [0.15, 0.2) is 0 Å². The third kappa shape index (κ3) is 12.0. The van der Waals surface area contributed by atoms with Crippen LogP contribution in [0.25, 0.3) is 168 Å². The summed E-state index contributed by atoms with van der Waals surface area (Å²) in [5, 5.41) is 25.3. The molecule has 26 aromatic rings. The second kappa shape index (κ2) is 29.4. The molecule has 0 unspecified atom stereocenters. The first-order valence-corrected chi connectivity index (χ1v) is 45.4. The molecule has 8 heteroatoms. The summed E-state index contributed by atoms with van der Waals surface area (Å²) in [4.78, 5) is 9.81. The first kappa shape index (κ1) is 71.9. The zero-order chi connectivity index (χ0) is 81.5. The van der Waals surface area contributed by atoms with E-state index in [0.717, 1.165) is 68.2 Å². The number of para-hydroxylation sites is 2. The van der Waals surface area contributed by atoms with Gasteiger partial charge in [-0.05, 0) is 235 Å². The Labute approximate surface area is 731 Å². The lowest BCUT2D eigenvalue weighted by molar-refractivity contribution is 1.30. The van der Waals surface area contributed by atoms with Crippen LogP contribution in [0.5, 0.6) is 0 Å². The summed E-state index contributed by atoms with van der Waals surface area (Å²) in [6, 6.07) is 161. The fourth-order valence-electron chi connectivity index (χ4n) is 19.5. The summed E-state index contributed by atoms with van der Waals surface area (Å²) in [7, 11) is 0. The molecule has 0 aliphatic rings. The number of benzene rings is 22. The van der Waals surface area contributed by atoms with Crippen molar-refractivity contribution in [3.8, 4) is 22.3 Å². The van der Waals surface area contributed by atoms with E-state index in [2.05, 4.69) is 456 Å². The molecule has 4 heterocycles. The van der Waals surface area contributed by atoms with Crippen LogP contribution in [0.4, 0.5) is 68.2 Å². The molecule has 0 aliphatic heterocycles. The van der Waals surface area contributed by atoms with Crippen LogP contribution >= 0.6 is 45.3 Å². The van der Waals surface area contributed by atoms with Gasteiger partial charge in [0, 0.05) is 148 Å². The second-order valence-electron chi connectivity index (χ2n) is 32.1. The lowest BCUT2D eigenvalue weighted by atomic mass is 9.91. The number of nitrogens with zero attached hydrogens (tertiary/aromatic N) is 4. The Morgan fingerprint density at radius 3 is 0.597 bits per heavy atom. The maximum absolute atomic E-state index is 2.47. The Morgan fingerprint density at radius 2 is 0.331 bits per heavy atom. The summed E-state index contributed by atoms with van der Waals surface area (Å²) in [6.45, 7) is 0. The molecule has 4 nitrogen and oxygen atoms in total. The molecular formula is C116H72N4S4. The van der Waals surface area contributed by atoms with E-state index in [-0.39, 0.29) is 0 Å². The highest BCUT2D eigenvalue weighted by atomic mass is 32.1. The molecule has 0 atom stereocenters. The molecule has 22 aromatic carbocycles. The van der Waals surface area contributed by atoms with E-state index in [1.165, 1.54) is 168 Å². The topological polar surface area (TPSA) is 13.0 Å². The highest BCUT2D eigenvalue weighted by Crippen LogP contribution is 2.54. The predicted octanol–water partition coefficient (Wildman–Crippen LogP) is 35.9. The van der Waals surface area contributed by atoms with Gasteiger partial charge in [0.25, 0.3) is 0 Å². The van der Waals surface area contributed by atoms with Crippen LogP contribution in [0.2, 0.25) is 0 Å². The molecule has 580 valence electrons. The van der Waals surface area contributed by atoms with E-state index in [1.54, 1.807) is 0 Å². The van der Waals surface area contributed by atoms with Crippen LogP contribution in [-0.2, 0) is 0 Å². The van der Waals surface area contributed by atoms with Gasteiger partial charge >= 0.3 is 0 Å². The van der Waals surface area contributed by atoms with E-state index < -0.39 is 0 Å². The zero-order valence-corrected chi connectivity index (χ0v) is 70.3. The van der Waals surface area contributed by atoms with Crippen LogP contribution < -0.4 is 19.6 Å². The van der Waals surface area contributed by atoms with E-state index in [0.29, 0.717) is 0 Å². The third-order valence-electron chi connectivity index (χ3n) is 25.2. The summed E-state index contributed by atoms with van der Waals surface area (Å²) in [5.74, 6) is 0. The average Bonchev–Trinajstić information content (AvgIpc) is 0.742. The number of thiophene rings is 4. The molecule has 0 radical (unpaired) electrons. The van der Waals surface area contributed by atoms with Gasteiger partial charge in [-0.1, -0.05) is 267 Å². The number of rotatable bonds is 14. The molecular weight excluding hydrogens is 1580 g/mol. The summed E-state index contributed by atoms with van der Waals surface area (Å²) in [5.41, 5.74) is 18.5. The Balaban J connectivity index is 0.000000138. The molecule has 0 saturated carbocycles. The molecule has 0 saturated heterocycles. The minimum absolute atomic E-state index is 1.11. The van der Waals surface area contributed by atoms with E-state index in [4.69, 9.17) is 0 Å². The van der Waals surface area contributed by atoms with Crippen LogP contribution in [0, 0.1) is 0 Å². The van der Waals surface area contributed by atoms with E-state index in [1.807, 2.05) is 45.3 Å². The molecule has 0 spiro atoms. The van der Waals surface area contributed by atoms with Crippen LogP contribution in [-0.4, -0.2) is 0 Å². The molecule has 0 N–H and O–H groups in total. The quantitative estimate of drug-likeness (QED) is 0.101. The van der Waals surface area contributed by atoms with Gasteiger partial charge in [-0.25, -0.2) is 0 Å². The van der Waals surface area contributed by atoms with Crippen molar-refractivity contribution in [1.29, 1.82) is 0 Å². The minimum atomic E-state index is 1.11. The lowest BCUT2D eigenvalue weighted by Gasteiger charge is -2.29. The number of anilines is 12. The van der Waals surface area contributed by atoms with Crippen LogP contribution in [0.15, 0.2) is 437 Å². The highest BCUT2D eigenvalue weighted by molar-refractivity contribution is 7.27. The molecule has 124 heavy (non-hydrogen) atoms. The monoisotopic (exact) mass is 1650 g/mol. The molecule has 0 amide bonds. The lowest BCUT2D eigenvalue weighted by Crippen LogP contribution is -2.11. The van der Waals surface area contributed by atoms with Crippen molar-refractivity contribution in [2.75, 3.05) is 19.6 Å². The summed E-state index contributed by atoms with van der Waals surface area (Å²) < 4.78 is 10.4. The number of fused-ring (bicyclic) bond motifs is 12. The Kier molecular flexibility index (Phi) is 17.1. The van der Waals surface area contributed by atoms with Crippen LogP contribution in [0.1, 0.15) is 0 Å². The molecule has 0 bridgehead atoms. The smallest absolute Gasteiger partial charge is 0.0540 e. The van der Waals surface area contributed by atoms with Gasteiger partial charge in [0.2, 0.25) is 0 Å². The largest absolute Gasteiger partial charge is 0.310 e. The normalized spacial score (nSPS) is 11.9. The second-order valence-corrected chi connectivity index (χ2v) is 36.5. The van der Waals surface area contributed by atoms with Crippen molar-refractivity contribution in [3.05, 3.63) is 437 Å². The number of hydrogen-bond donors (Lipinski definition) is 0. The van der Waals surface area contributed by atoms with Gasteiger partial charge < -0.3 is 19.6 Å². The van der Waals surface area contributed by atoms with Crippen molar-refractivity contribution >= 4 is 259 Å². The van der Waals surface area contributed by atoms with E-state index in [9.17, 15) is 0 Å². The van der Waals surface area contributed by atoms with Crippen LogP contribution in [0.3, 0.4) is 0 Å². The predicted molar refractivity (Wildman–Crippen MR) is 541 cm³/mol. The first-order chi connectivity index (χ1) is 61.5. The van der Waals surface area contributed by atoms with Crippen molar-refractivity contribution in [3.63, 3.8) is 0 Å². The fourth-order valence-corrected chi connectivity index (χ4v) is 23.8. The Bertz CT molecular complexity index is 8130. The maximum Gasteiger partial charge on any atom is 0.0540 e. The summed E-state index contributed by atoms with van der Waals surface area (Å²) >= 11 is 7.44. The summed E-state index contributed by atoms with van der Waals surface area (Å²) in [6.07, 6.45) is 0. The minimum Gasteiger partial charge on any atom is -0.310 e. The van der Waals surface area contributed by atoms with Gasteiger partial charge in [-0.3, -0.25) is 0 Å². The third-order valence-corrected chi connectivity index (χ3v) is 29.8. The van der Waals surface area contributed by atoms with Gasteiger partial charge in [-0.15, -0.1) is 45.3 Å². The van der Waals surface area contributed by atoms with Gasteiger partial charge in [-0.2, -0.15) is 0 Å². The van der Waals surface area contributed by atoms with Crippen molar-refractivity contribution in [2.24, 2.45) is 0 Å². The zero-order valence-electron chi connectivity index (χ0n) is 67.0. The molecule has 0 aliphatic carbocycles. The average molecular weight is 1650 g/mol. The Morgan fingerprint density at radius 1 is 0.129 bits per heavy atom. The molecule has 4 aromatic heterocycles. The SMILES string of the molecule is c1ccc(-c2ccc(N(c3ccc4sc5ccccc5c4c3)c3ccc4ccc5c(N(c6ccc(-c7ccccc7)cc6)c6ccc7sc8ccccc8c7c6)ccc6ccc3c4c65)cc2)cc1.c1ccc(N(c2ccc3sc4ccccc4c3c2)c2ccc3ccc4c(N(c5ccccc5)c5ccc6sc7ccccc7c6c5)ccc5ccc2c3c54)cc1. The van der Waals surface area contributed by atoms with Gasteiger partial charge in [0.1, 0.15) is 0 Å². The Hall–Kier alpha value is -15.0. The van der Waals surface area contributed by atoms with Gasteiger partial charge in [0.05, 0.1) is 22.7 Å². The standard InChI is InChI=1S/C64H40N2S2.C52H32N2S2/c1-3-11-41(12-4-1)43-19-27-47(28-20-43)65(49-31-37-61-55(39-49)51-15-7-9-17-59(51)67-61)57-35-25-45-24-34-54-58(36-26-46-23-33-53(57)63(45)64(46)54)66(48-29-21-44(22-30-48)42-13-5-2-6-14-42)50-32-38-62-56(40-50)52-16-8-10-18-60(52)68-62;1-3-11-35(12-4-1)53(37-23-29-49-43(31-37)39-15-7-9-17-47(39)55-49)45-27-21-33-20-26-42-46(28-22-34-19-25-41(45)51(33)52(34)42)54(36-13-5-2-6-14-36)38-24-30-50-44(32-38)40-16-8-10-18-48(40)56-50/h1-40H;1-32H. The maximum atomic E-state index is 2.47. The first-order valence-electron chi connectivity index (χ1n) is 42.1. The van der Waals surface area contributed by atoms with Crippen molar-refractivity contribution < 1.29 is 0 Å². The molecule has 0 fully saturated rings. The highest BCUT2D eigenvalue weighted by Gasteiger charge is 2.27. The van der Waals surface area contributed by atoms with Crippen molar-refractivity contribution in [1.82, 2.24) is 0 Å². The van der Waals surface area contributed by atoms with Crippen molar-refractivity contribution in [2.45, 2.75) is 0 Å².